The first-order valence-electron chi connectivity index (χ1n) is 12.2. The number of aryl methyl sites for hydroxylation is 1. The van der Waals surface area contributed by atoms with Crippen LogP contribution in [0.5, 0.6) is 0 Å². The smallest absolute Gasteiger partial charge is 0.255 e. The number of nitrogens with one attached hydrogen (secondary N) is 3. The molecule has 0 saturated heterocycles. The summed E-state index contributed by atoms with van der Waals surface area (Å²) in [7, 11) is 0. The lowest BCUT2D eigenvalue weighted by atomic mass is 9.67. The van der Waals surface area contributed by atoms with Crippen molar-refractivity contribution in [3.63, 3.8) is 0 Å². The van der Waals surface area contributed by atoms with Crippen LogP contribution in [0.15, 0.2) is 67.5 Å². The van der Waals surface area contributed by atoms with Gasteiger partial charge in [-0.25, -0.2) is 19.9 Å². The number of H-pyrrole nitrogens is 1. The molecule has 0 aliphatic heterocycles. The fourth-order valence-electron chi connectivity index (χ4n) is 4.61. The maximum Gasteiger partial charge on any atom is 0.255 e. The minimum absolute atomic E-state index is 0.267. The Kier molecular flexibility index (Phi) is 5.73. The summed E-state index contributed by atoms with van der Waals surface area (Å²) in [5.74, 6) is 0.333. The van der Waals surface area contributed by atoms with E-state index in [0.29, 0.717) is 39.6 Å². The number of amides is 1. The van der Waals surface area contributed by atoms with Crippen LogP contribution in [-0.2, 0) is 5.41 Å². The highest BCUT2D eigenvalue weighted by molar-refractivity contribution is 6.04. The van der Waals surface area contributed by atoms with E-state index in [4.69, 9.17) is 0 Å². The number of nitriles is 1. The Balaban J connectivity index is 1.27. The average molecular weight is 502 g/mol. The lowest BCUT2D eigenvalue weighted by Gasteiger charge is -2.34. The van der Waals surface area contributed by atoms with Gasteiger partial charge in [0, 0.05) is 34.9 Å². The van der Waals surface area contributed by atoms with E-state index in [0.717, 1.165) is 36.1 Å². The molecular weight excluding hydrogens is 478 g/mol. The van der Waals surface area contributed by atoms with Gasteiger partial charge in [-0.05, 0) is 68.1 Å². The number of benzene rings is 1. The van der Waals surface area contributed by atoms with Crippen molar-refractivity contribution < 1.29 is 4.79 Å². The molecule has 38 heavy (non-hydrogen) atoms. The normalized spacial score (nSPS) is 13.9. The molecule has 4 heterocycles. The monoisotopic (exact) mass is 501 g/mol. The zero-order chi connectivity index (χ0) is 26.1. The van der Waals surface area contributed by atoms with Crippen molar-refractivity contribution >= 4 is 34.3 Å². The number of anilines is 3. The van der Waals surface area contributed by atoms with E-state index in [1.54, 1.807) is 30.9 Å². The molecule has 186 valence electrons. The second kappa shape index (κ2) is 9.37. The van der Waals surface area contributed by atoms with Crippen LogP contribution in [0.25, 0.3) is 22.4 Å². The maximum atomic E-state index is 13.1. The number of pyridine rings is 2. The van der Waals surface area contributed by atoms with Crippen LogP contribution in [0, 0.1) is 18.3 Å². The van der Waals surface area contributed by atoms with E-state index >= 15 is 0 Å². The van der Waals surface area contributed by atoms with Gasteiger partial charge >= 0.3 is 0 Å². The molecule has 1 amide bonds. The average Bonchev–Trinajstić information content (AvgIpc) is 3.40. The highest BCUT2D eigenvalue weighted by atomic mass is 16.1. The van der Waals surface area contributed by atoms with Crippen molar-refractivity contribution in [3.05, 3.63) is 84.3 Å². The molecule has 1 saturated carbocycles. The number of fused-ring (bicyclic) bond motifs is 1. The molecule has 1 aromatic carbocycles. The maximum absolute atomic E-state index is 13.1. The number of aromatic nitrogens is 6. The van der Waals surface area contributed by atoms with Gasteiger partial charge in [-0.3, -0.25) is 9.78 Å². The fraction of sp³-hybridized carbons (Fsp3) is 0.179. The molecule has 3 N–H and O–H groups in total. The summed E-state index contributed by atoms with van der Waals surface area (Å²) >= 11 is 0. The number of rotatable bonds is 6. The SMILES string of the molecule is Cc1ccc(NC(=O)c2ccnc(C3(C#N)CCC3)c2)cc1Nc1ncccc1-c1ncnc2[nH]cnc12. The van der Waals surface area contributed by atoms with E-state index in [2.05, 4.69) is 46.6 Å². The first kappa shape index (κ1) is 23.2. The molecule has 10 heteroatoms. The van der Waals surface area contributed by atoms with Gasteiger partial charge in [-0.2, -0.15) is 5.26 Å². The predicted octanol–water partition coefficient (Wildman–Crippen LogP) is 5.06. The first-order chi connectivity index (χ1) is 18.6. The van der Waals surface area contributed by atoms with E-state index in [-0.39, 0.29) is 5.91 Å². The number of hydrogen-bond acceptors (Lipinski definition) is 8. The van der Waals surface area contributed by atoms with E-state index in [1.165, 1.54) is 6.33 Å². The molecule has 1 aliphatic rings. The van der Waals surface area contributed by atoms with E-state index < -0.39 is 5.41 Å². The first-order valence-corrected chi connectivity index (χ1v) is 12.2. The molecular formula is C28H23N9O. The Morgan fingerprint density at radius 3 is 2.76 bits per heavy atom. The van der Waals surface area contributed by atoms with Crippen LogP contribution in [0.4, 0.5) is 17.2 Å². The van der Waals surface area contributed by atoms with Gasteiger partial charge in [-0.1, -0.05) is 6.07 Å². The summed E-state index contributed by atoms with van der Waals surface area (Å²) in [5, 5.41) is 16.0. The van der Waals surface area contributed by atoms with Crippen LogP contribution >= 0.6 is 0 Å². The van der Waals surface area contributed by atoms with Crippen LogP contribution < -0.4 is 10.6 Å². The lowest BCUT2D eigenvalue weighted by Crippen LogP contribution is -2.33. The number of imidazole rings is 1. The number of hydrogen-bond donors (Lipinski definition) is 3. The van der Waals surface area contributed by atoms with Crippen molar-refractivity contribution in [1.82, 2.24) is 29.9 Å². The summed E-state index contributed by atoms with van der Waals surface area (Å²) in [4.78, 5) is 38.1. The Hall–Kier alpha value is -5.17. The molecule has 5 aromatic rings. The molecule has 0 unspecified atom stereocenters. The van der Waals surface area contributed by atoms with Crippen LogP contribution in [0.1, 0.15) is 40.9 Å². The number of nitrogens with zero attached hydrogens (tertiary/aromatic N) is 6. The second-order valence-corrected chi connectivity index (χ2v) is 9.31. The molecule has 6 rings (SSSR count). The molecule has 4 aromatic heterocycles. The van der Waals surface area contributed by atoms with Gasteiger partial charge in [0.1, 0.15) is 23.4 Å². The van der Waals surface area contributed by atoms with Crippen molar-refractivity contribution in [2.75, 3.05) is 10.6 Å². The molecule has 10 nitrogen and oxygen atoms in total. The summed E-state index contributed by atoms with van der Waals surface area (Å²) < 4.78 is 0. The van der Waals surface area contributed by atoms with Gasteiger partial charge in [0.05, 0.1) is 23.5 Å². The van der Waals surface area contributed by atoms with Gasteiger partial charge in [0.25, 0.3) is 5.91 Å². The number of carbonyl (C=O) groups is 1. The summed E-state index contributed by atoms with van der Waals surface area (Å²) in [6.45, 7) is 1.97. The van der Waals surface area contributed by atoms with Crippen molar-refractivity contribution in [3.8, 4) is 17.3 Å². The Morgan fingerprint density at radius 1 is 1.05 bits per heavy atom. The van der Waals surface area contributed by atoms with Gasteiger partial charge in [-0.15, -0.1) is 0 Å². The molecule has 1 aliphatic carbocycles. The third-order valence-corrected chi connectivity index (χ3v) is 6.96. The zero-order valence-electron chi connectivity index (χ0n) is 20.6. The van der Waals surface area contributed by atoms with Crippen molar-refractivity contribution in [2.24, 2.45) is 0 Å². The highest BCUT2D eigenvalue weighted by Gasteiger charge is 2.40. The molecule has 0 radical (unpaired) electrons. The number of carbonyl (C=O) groups excluding carboxylic acids is 1. The summed E-state index contributed by atoms with van der Waals surface area (Å²) in [5.41, 5.74) is 5.63. The minimum atomic E-state index is -0.581. The third kappa shape index (κ3) is 4.10. The van der Waals surface area contributed by atoms with Gasteiger partial charge in [0.2, 0.25) is 0 Å². The zero-order valence-corrected chi connectivity index (χ0v) is 20.6. The molecule has 1 fully saturated rings. The molecule has 0 bridgehead atoms. The molecule has 0 spiro atoms. The van der Waals surface area contributed by atoms with E-state index in [9.17, 15) is 10.1 Å². The van der Waals surface area contributed by atoms with Crippen LogP contribution in [0.2, 0.25) is 0 Å². The minimum Gasteiger partial charge on any atom is -0.339 e. The number of aromatic amines is 1. The largest absolute Gasteiger partial charge is 0.339 e. The topological polar surface area (TPSA) is 145 Å². The van der Waals surface area contributed by atoms with Gasteiger partial charge < -0.3 is 15.6 Å². The summed E-state index contributed by atoms with van der Waals surface area (Å²) in [6, 6.07) is 15.2. The second-order valence-electron chi connectivity index (χ2n) is 9.31. The quantitative estimate of drug-likeness (QED) is 0.293. The summed E-state index contributed by atoms with van der Waals surface area (Å²) in [6.07, 6.45) is 8.90. The lowest BCUT2D eigenvalue weighted by molar-refractivity contribution is 0.102. The Labute approximate surface area is 218 Å². The highest BCUT2D eigenvalue weighted by Crippen LogP contribution is 2.42. The van der Waals surface area contributed by atoms with Gasteiger partial charge in [0.15, 0.2) is 5.65 Å². The van der Waals surface area contributed by atoms with Crippen LogP contribution in [-0.4, -0.2) is 35.8 Å². The Morgan fingerprint density at radius 2 is 1.95 bits per heavy atom. The van der Waals surface area contributed by atoms with E-state index in [1.807, 2.05) is 37.3 Å². The van der Waals surface area contributed by atoms with Crippen molar-refractivity contribution in [2.45, 2.75) is 31.6 Å². The van der Waals surface area contributed by atoms with Crippen molar-refractivity contribution in [1.29, 1.82) is 5.26 Å². The predicted molar refractivity (Wildman–Crippen MR) is 143 cm³/mol. The van der Waals surface area contributed by atoms with Crippen LogP contribution in [0.3, 0.4) is 0 Å². The third-order valence-electron chi connectivity index (χ3n) is 6.96. The Bertz CT molecular complexity index is 1720. The molecule has 0 atom stereocenters. The fourth-order valence-corrected chi connectivity index (χ4v) is 4.61. The standard InChI is InChI=1S/C28H23N9O/c1-17-5-6-19(36-27(38)18-7-11-30-22(12-18)28(14-29)8-3-9-28)13-21(17)37-25-20(4-2-10-31-25)23-24-26(34-15-32-23)35-16-33-24/h2,4-7,10-13,15-16H,3,8-9H2,1H3,(H,31,37)(H,36,38)(H,32,33,34,35).